The van der Waals surface area contributed by atoms with Gasteiger partial charge in [0.2, 0.25) is 11.8 Å². The van der Waals surface area contributed by atoms with E-state index in [1.165, 1.54) is 0 Å². The minimum Gasteiger partial charge on any atom is -0.338 e. The first kappa shape index (κ1) is 14.8. The van der Waals surface area contributed by atoms with E-state index in [2.05, 4.69) is 0 Å². The zero-order valence-electron chi connectivity index (χ0n) is 10.2. The molecule has 4 N–H and O–H groups in total. The molecule has 15 heavy (non-hydrogen) atoms. The lowest BCUT2D eigenvalue weighted by molar-refractivity contribution is -0.344. The van der Waals surface area contributed by atoms with Gasteiger partial charge in [0.05, 0.1) is 13.2 Å². The largest absolute Gasteiger partial charge is 0.338 e. The van der Waals surface area contributed by atoms with Crippen molar-refractivity contribution in [1.29, 1.82) is 0 Å². The average Bonchev–Trinajstić information content (AvgIpc) is 2.10. The lowest BCUT2D eigenvalue weighted by atomic mass is 10.4. The number of nitrogens with two attached hydrogens (primary N) is 2. The van der Waals surface area contributed by atoms with E-state index in [0.29, 0.717) is 13.2 Å². The number of hydrogen-bond acceptors (Lipinski definition) is 5. The summed E-state index contributed by atoms with van der Waals surface area (Å²) in [5.74, 6) is -2.43. The van der Waals surface area contributed by atoms with Crippen LogP contribution in [0.3, 0.4) is 0 Å². The van der Waals surface area contributed by atoms with Crippen LogP contribution in [0.25, 0.3) is 0 Å². The van der Waals surface area contributed by atoms with Crippen LogP contribution in [0, 0.1) is 0 Å². The fourth-order valence-corrected chi connectivity index (χ4v) is 1.07. The minimum absolute atomic E-state index is 0.525. The van der Waals surface area contributed by atoms with E-state index in [0.717, 1.165) is 12.8 Å². The molecule has 0 fully saturated rings. The molecule has 0 amide bonds. The fraction of sp³-hybridized carbons (Fsp3) is 1.00. The predicted octanol–water partition coefficient (Wildman–Crippen LogP) is 1.12. The summed E-state index contributed by atoms with van der Waals surface area (Å²) >= 11 is 0. The Bertz CT molecular complexity index is 154. The van der Waals surface area contributed by atoms with E-state index < -0.39 is 11.8 Å². The van der Waals surface area contributed by atoms with Gasteiger partial charge in [-0.2, -0.15) is 0 Å². The van der Waals surface area contributed by atoms with Crippen molar-refractivity contribution in [2.45, 2.75) is 52.4 Å². The number of hydrogen-bond donors (Lipinski definition) is 2. The van der Waals surface area contributed by atoms with Crippen LogP contribution in [-0.4, -0.2) is 25.0 Å². The molecule has 2 atom stereocenters. The van der Waals surface area contributed by atoms with E-state index in [4.69, 9.17) is 25.7 Å². The standard InChI is InChI=1S/C10H24N2O3/c1-5-7-13-9(3,11)15-10(4,12)14-8-6-2/h5-8,11-12H2,1-4H3. The molecule has 0 aromatic rings. The quantitative estimate of drug-likeness (QED) is 0.599. The van der Waals surface area contributed by atoms with Crippen LogP contribution in [0.15, 0.2) is 0 Å². The van der Waals surface area contributed by atoms with Gasteiger partial charge in [0.1, 0.15) is 0 Å². The van der Waals surface area contributed by atoms with Gasteiger partial charge in [-0.05, 0) is 12.8 Å². The molecule has 0 saturated heterocycles. The molecular weight excluding hydrogens is 196 g/mol. The maximum Gasteiger partial charge on any atom is 0.225 e. The molecule has 0 radical (unpaired) electrons. The molecule has 0 bridgehead atoms. The first-order chi connectivity index (χ1) is 6.83. The van der Waals surface area contributed by atoms with Crippen LogP contribution in [0.2, 0.25) is 0 Å². The fourth-order valence-electron chi connectivity index (χ4n) is 1.07. The van der Waals surface area contributed by atoms with Crippen molar-refractivity contribution in [2.24, 2.45) is 11.5 Å². The van der Waals surface area contributed by atoms with Gasteiger partial charge in [0.25, 0.3) is 0 Å². The lowest BCUT2D eigenvalue weighted by Gasteiger charge is -2.34. The number of rotatable bonds is 8. The Hall–Kier alpha value is -0.200. The highest BCUT2D eigenvalue weighted by atomic mass is 16.8. The van der Waals surface area contributed by atoms with Crippen molar-refractivity contribution in [3.05, 3.63) is 0 Å². The van der Waals surface area contributed by atoms with E-state index in [-0.39, 0.29) is 0 Å². The molecule has 0 rings (SSSR count). The van der Waals surface area contributed by atoms with Crippen molar-refractivity contribution in [1.82, 2.24) is 0 Å². The van der Waals surface area contributed by atoms with Crippen molar-refractivity contribution in [2.75, 3.05) is 13.2 Å². The molecule has 0 aromatic heterocycles. The molecule has 0 aliphatic heterocycles. The first-order valence-corrected chi connectivity index (χ1v) is 5.39. The Morgan fingerprint density at radius 1 is 0.867 bits per heavy atom. The van der Waals surface area contributed by atoms with Crippen molar-refractivity contribution in [3.63, 3.8) is 0 Å². The summed E-state index contributed by atoms with van der Waals surface area (Å²) in [6.45, 7) is 8.26. The summed E-state index contributed by atoms with van der Waals surface area (Å²) in [6, 6.07) is 0. The molecule has 0 spiro atoms. The van der Waals surface area contributed by atoms with Crippen LogP contribution >= 0.6 is 0 Å². The second-order valence-corrected chi connectivity index (χ2v) is 3.83. The van der Waals surface area contributed by atoms with Gasteiger partial charge in [-0.25, -0.2) is 0 Å². The molecule has 0 saturated carbocycles. The summed E-state index contributed by atoms with van der Waals surface area (Å²) in [5.41, 5.74) is 11.5. The van der Waals surface area contributed by atoms with Gasteiger partial charge in [-0.15, -0.1) is 0 Å². The Balaban J connectivity index is 4.04. The minimum atomic E-state index is -1.22. The topological polar surface area (TPSA) is 79.7 Å². The van der Waals surface area contributed by atoms with Crippen LogP contribution in [0.5, 0.6) is 0 Å². The van der Waals surface area contributed by atoms with E-state index in [9.17, 15) is 0 Å². The number of ether oxygens (including phenoxy) is 3. The van der Waals surface area contributed by atoms with Gasteiger partial charge >= 0.3 is 0 Å². The van der Waals surface area contributed by atoms with Gasteiger partial charge in [-0.1, -0.05) is 13.8 Å². The third-order valence-electron chi connectivity index (χ3n) is 1.59. The van der Waals surface area contributed by atoms with Gasteiger partial charge in [0, 0.05) is 13.8 Å². The van der Waals surface area contributed by atoms with E-state index in [1.807, 2.05) is 13.8 Å². The smallest absolute Gasteiger partial charge is 0.225 e. The van der Waals surface area contributed by atoms with Crippen molar-refractivity contribution < 1.29 is 14.2 Å². The maximum absolute atomic E-state index is 5.76. The summed E-state index contributed by atoms with van der Waals surface area (Å²) in [6.07, 6.45) is 1.74. The molecule has 92 valence electrons. The highest BCUT2D eigenvalue weighted by molar-refractivity contribution is 4.59. The molecular formula is C10H24N2O3. The third kappa shape index (κ3) is 7.70. The Morgan fingerprint density at radius 2 is 1.20 bits per heavy atom. The molecule has 5 nitrogen and oxygen atoms in total. The van der Waals surface area contributed by atoms with E-state index >= 15 is 0 Å². The van der Waals surface area contributed by atoms with Crippen molar-refractivity contribution in [3.8, 4) is 0 Å². The Labute approximate surface area is 92.0 Å². The molecule has 2 unspecified atom stereocenters. The summed E-state index contributed by atoms with van der Waals surface area (Å²) in [4.78, 5) is 0. The predicted molar refractivity (Wildman–Crippen MR) is 58.8 cm³/mol. The summed E-state index contributed by atoms with van der Waals surface area (Å²) < 4.78 is 15.9. The first-order valence-electron chi connectivity index (χ1n) is 5.39. The normalized spacial score (nSPS) is 19.6. The third-order valence-corrected chi connectivity index (χ3v) is 1.59. The monoisotopic (exact) mass is 220 g/mol. The average molecular weight is 220 g/mol. The summed E-state index contributed by atoms with van der Waals surface area (Å²) in [5, 5.41) is 0. The molecule has 0 aliphatic carbocycles. The van der Waals surface area contributed by atoms with Crippen LogP contribution in [0.4, 0.5) is 0 Å². The maximum atomic E-state index is 5.76. The zero-order chi connectivity index (χ0) is 11.9. The van der Waals surface area contributed by atoms with Gasteiger partial charge < -0.3 is 9.47 Å². The van der Waals surface area contributed by atoms with Gasteiger partial charge in [-0.3, -0.25) is 16.2 Å². The van der Waals surface area contributed by atoms with Gasteiger partial charge in [0.15, 0.2) is 0 Å². The van der Waals surface area contributed by atoms with Crippen LogP contribution in [0.1, 0.15) is 40.5 Å². The van der Waals surface area contributed by atoms with Crippen LogP contribution < -0.4 is 11.5 Å². The summed E-state index contributed by atoms with van der Waals surface area (Å²) in [7, 11) is 0. The highest BCUT2D eigenvalue weighted by Gasteiger charge is 2.31. The SMILES string of the molecule is CCCOC(C)(N)OC(C)(N)OCCC. The second-order valence-electron chi connectivity index (χ2n) is 3.83. The lowest BCUT2D eigenvalue weighted by Crippen LogP contribution is -2.55. The van der Waals surface area contributed by atoms with Crippen LogP contribution in [-0.2, 0) is 14.2 Å². The van der Waals surface area contributed by atoms with Crippen molar-refractivity contribution >= 4 is 0 Å². The van der Waals surface area contributed by atoms with E-state index in [1.54, 1.807) is 13.8 Å². The second kappa shape index (κ2) is 6.40. The highest BCUT2D eigenvalue weighted by Crippen LogP contribution is 2.15. The molecule has 0 heterocycles. The molecule has 0 aromatic carbocycles. The zero-order valence-corrected chi connectivity index (χ0v) is 10.2. The molecule has 5 heteroatoms. The Kier molecular flexibility index (Phi) is 6.31. The Morgan fingerprint density at radius 3 is 1.47 bits per heavy atom. The molecule has 0 aliphatic rings.